The smallest absolute Gasteiger partial charge is 0.227 e. The number of nitrogens with zero attached hydrogens (tertiary/aromatic N) is 3. The minimum atomic E-state index is 0.00536. The molecule has 0 aliphatic carbocycles. The molecule has 1 aromatic carbocycles. The summed E-state index contributed by atoms with van der Waals surface area (Å²) in [5.74, 6) is 1.40. The molecule has 2 fully saturated rings. The van der Waals surface area contributed by atoms with Crippen LogP contribution in [0.3, 0.4) is 0 Å². The first-order valence-corrected chi connectivity index (χ1v) is 9.40. The van der Waals surface area contributed by atoms with Crippen molar-refractivity contribution in [3.05, 3.63) is 48.3 Å². The lowest BCUT2D eigenvalue weighted by Gasteiger charge is -2.34. The number of piperidine rings is 1. The third-order valence-electron chi connectivity index (χ3n) is 5.48. The molecule has 0 bridgehead atoms. The Morgan fingerprint density at radius 3 is 2.65 bits per heavy atom. The lowest BCUT2D eigenvalue weighted by molar-refractivity contribution is -0.137. The Morgan fingerprint density at radius 2 is 1.96 bits per heavy atom. The Hall–Kier alpha value is -2.34. The molecule has 6 nitrogen and oxygen atoms in total. The maximum Gasteiger partial charge on any atom is 0.227 e. The first-order chi connectivity index (χ1) is 12.7. The summed E-state index contributed by atoms with van der Waals surface area (Å²) in [6, 6.07) is 9.93. The van der Waals surface area contributed by atoms with Crippen LogP contribution in [-0.2, 0) is 11.8 Å². The van der Waals surface area contributed by atoms with Crippen molar-refractivity contribution in [2.24, 2.45) is 13.0 Å². The van der Waals surface area contributed by atoms with E-state index in [9.17, 15) is 4.79 Å². The molecule has 1 amide bonds. The second-order valence-corrected chi connectivity index (χ2v) is 7.27. The predicted molar refractivity (Wildman–Crippen MR) is 99.0 cm³/mol. The number of amides is 1. The van der Waals surface area contributed by atoms with Crippen molar-refractivity contribution in [1.29, 1.82) is 0 Å². The van der Waals surface area contributed by atoms with Gasteiger partial charge >= 0.3 is 0 Å². The number of ether oxygens (including phenoxy) is 1. The van der Waals surface area contributed by atoms with Crippen LogP contribution < -0.4 is 10.1 Å². The number of benzene rings is 1. The standard InChI is InChI=1S/C20H26N4O2/c1-23-14-15(11-22-23)18-12-21-13-19(18)20(25)24-9-7-17(8-10-24)26-16-5-3-2-4-6-16/h2-6,11,14,17-19,21H,7-10,12-13H2,1H3/t18-,19+/m1/s1. The molecular weight excluding hydrogens is 328 g/mol. The van der Waals surface area contributed by atoms with Gasteiger partial charge < -0.3 is 15.0 Å². The van der Waals surface area contributed by atoms with Gasteiger partial charge in [-0.15, -0.1) is 0 Å². The van der Waals surface area contributed by atoms with Crippen LogP contribution in [0.1, 0.15) is 24.3 Å². The van der Waals surface area contributed by atoms with Crippen molar-refractivity contribution < 1.29 is 9.53 Å². The number of likely N-dealkylation sites (tertiary alicyclic amines) is 1. The van der Waals surface area contributed by atoms with Crippen LogP contribution in [0.15, 0.2) is 42.7 Å². The fourth-order valence-corrected chi connectivity index (χ4v) is 4.04. The monoisotopic (exact) mass is 354 g/mol. The zero-order chi connectivity index (χ0) is 17.9. The van der Waals surface area contributed by atoms with Gasteiger partial charge in [-0.1, -0.05) is 18.2 Å². The van der Waals surface area contributed by atoms with E-state index in [-0.39, 0.29) is 23.8 Å². The Morgan fingerprint density at radius 1 is 1.19 bits per heavy atom. The molecule has 6 heteroatoms. The minimum absolute atomic E-state index is 0.00536. The van der Waals surface area contributed by atoms with E-state index in [0.717, 1.165) is 50.3 Å². The SMILES string of the molecule is Cn1cc([C@H]2CNC[C@@H]2C(=O)N2CCC(Oc3ccccc3)CC2)cn1. The fourth-order valence-electron chi connectivity index (χ4n) is 4.04. The van der Waals surface area contributed by atoms with Crippen molar-refractivity contribution in [1.82, 2.24) is 20.0 Å². The molecule has 2 aromatic rings. The average Bonchev–Trinajstić information content (AvgIpc) is 3.31. The molecule has 0 radical (unpaired) electrons. The maximum atomic E-state index is 13.1. The molecule has 2 aliphatic rings. The molecule has 1 aromatic heterocycles. The Bertz CT molecular complexity index is 737. The zero-order valence-corrected chi connectivity index (χ0v) is 15.2. The van der Waals surface area contributed by atoms with Crippen LogP contribution in [0.4, 0.5) is 0 Å². The molecule has 0 saturated carbocycles. The number of aromatic nitrogens is 2. The quantitative estimate of drug-likeness (QED) is 0.909. The van der Waals surface area contributed by atoms with E-state index in [2.05, 4.69) is 10.4 Å². The highest BCUT2D eigenvalue weighted by Gasteiger charge is 2.38. The third kappa shape index (κ3) is 3.60. The molecule has 2 saturated heterocycles. The summed E-state index contributed by atoms with van der Waals surface area (Å²) in [6.07, 6.45) is 5.88. The van der Waals surface area contributed by atoms with E-state index < -0.39 is 0 Å². The number of hydrogen-bond acceptors (Lipinski definition) is 4. The minimum Gasteiger partial charge on any atom is -0.490 e. The van der Waals surface area contributed by atoms with Crippen LogP contribution in [0, 0.1) is 5.92 Å². The van der Waals surface area contributed by atoms with E-state index in [1.165, 1.54) is 0 Å². The number of para-hydroxylation sites is 1. The molecule has 2 atom stereocenters. The van der Waals surface area contributed by atoms with Crippen LogP contribution in [0.25, 0.3) is 0 Å². The number of hydrogen-bond donors (Lipinski definition) is 1. The summed E-state index contributed by atoms with van der Waals surface area (Å²) in [7, 11) is 1.92. The zero-order valence-electron chi connectivity index (χ0n) is 15.2. The fraction of sp³-hybridized carbons (Fsp3) is 0.500. The third-order valence-corrected chi connectivity index (χ3v) is 5.48. The van der Waals surface area contributed by atoms with Crippen molar-refractivity contribution in [2.45, 2.75) is 24.9 Å². The highest BCUT2D eigenvalue weighted by molar-refractivity contribution is 5.80. The van der Waals surface area contributed by atoms with Gasteiger partial charge in [0.2, 0.25) is 5.91 Å². The second kappa shape index (κ2) is 7.50. The van der Waals surface area contributed by atoms with Gasteiger partial charge in [0, 0.05) is 58.2 Å². The molecule has 3 heterocycles. The molecule has 0 spiro atoms. The molecule has 1 N–H and O–H groups in total. The number of aryl methyl sites for hydroxylation is 1. The molecule has 0 unspecified atom stereocenters. The van der Waals surface area contributed by atoms with Crippen molar-refractivity contribution in [3.8, 4) is 5.75 Å². The molecular formula is C20H26N4O2. The Kier molecular flexibility index (Phi) is 4.93. The molecule has 2 aliphatic heterocycles. The number of carbonyl (C=O) groups excluding carboxylic acids is 1. The van der Waals surface area contributed by atoms with E-state index in [1.807, 2.05) is 59.4 Å². The summed E-state index contributed by atoms with van der Waals surface area (Å²) in [5, 5.41) is 7.65. The van der Waals surface area contributed by atoms with Crippen molar-refractivity contribution in [2.75, 3.05) is 26.2 Å². The lowest BCUT2D eigenvalue weighted by atomic mass is 9.89. The maximum absolute atomic E-state index is 13.1. The first kappa shape index (κ1) is 17.1. The van der Waals surface area contributed by atoms with Gasteiger partial charge in [0.1, 0.15) is 11.9 Å². The summed E-state index contributed by atoms with van der Waals surface area (Å²) >= 11 is 0. The Labute approximate surface area is 154 Å². The van der Waals surface area contributed by atoms with Crippen molar-refractivity contribution >= 4 is 5.91 Å². The second-order valence-electron chi connectivity index (χ2n) is 7.27. The first-order valence-electron chi connectivity index (χ1n) is 9.40. The van der Waals surface area contributed by atoms with Gasteiger partial charge in [-0.05, 0) is 17.7 Å². The van der Waals surface area contributed by atoms with Crippen molar-refractivity contribution in [3.63, 3.8) is 0 Å². The van der Waals surface area contributed by atoms with Crippen LogP contribution in [0.5, 0.6) is 5.75 Å². The van der Waals surface area contributed by atoms with Gasteiger partial charge in [-0.2, -0.15) is 5.10 Å². The molecule has 26 heavy (non-hydrogen) atoms. The summed E-state index contributed by atoms with van der Waals surface area (Å²) < 4.78 is 7.85. The van der Waals surface area contributed by atoms with Crippen LogP contribution >= 0.6 is 0 Å². The van der Waals surface area contributed by atoms with Gasteiger partial charge in [0.15, 0.2) is 0 Å². The number of rotatable bonds is 4. The normalized spacial score (nSPS) is 24.0. The number of nitrogens with one attached hydrogen (secondary N) is 1. The van der Waals surface area contributed by atoms with E-state index in [1.54, 1.807) is 0 Å². The summed E-state index contributed by atoms with van der Waals surface area (Å²) in [5.41, 5.74) is 1.15. The molecule has 138 valence electrons. The van der Waals surface area contributed by atoms with Gasteiger partial charge in [-0.3, -0.25) is 9.48 Å². The predicted octanol–water partition coefficient (Wildman–Crippen LogP) is 1.79. The Balaban J connectivity index is 1.34. The average molecular weight is 354 g/mol. The topological polar surface area (TPSA) is 59.4 Å². The van der Waals surface area contributed by atoms with Gasteiger partial charge in [-0.25, -0.2) is 0 Å². The largest absolute Gasteiger partial charge is 0.490 e. The van der Waals surface area contributed by atoms with Crippen LogP contribution in [0.2, 0.25) is 0 Å². The summed E-state index contributed by atoms with van der Waals surface area (Å²) in [6.45, 7) is 3.13. The van der Waals surface area contributed by atoms with E-state index >= 15 is 0 Å². The summed E-state index contributed by atoms with van der Waals surface area (Å²) in [4.78, 5) is 15.1. The molecule has 4 rings (SSSR count). The lowest BCUT2D eigenvalue weighted by Crippen LogP contribution is -2.45. The van der Waals surface area contributed by atoms with Gasteiger partial charge in [0.05, 0.1) is 12.1 Å². The number of carbonyl (C=O) groups is 1. The highest BCUT2D eigenvalue weighted by atomic mass is 16.5. The highest BCUT2D eigenvalue weighted by Crippen LogP contribution is 2.30. The van der Waals surface area contributed by atoms with E-state index in [4.69, 9.17) is 4.74 Å². The van der Waals surface area contributed by atoms with Gasteiger partial charge in [0.25, 0.3) is 0 Å². The van der Waals surface area contributed by atoms with Crippen LogP contribution in [-0.4, -0.2) is 52.9 Å². The van der Waals surface area contributed by atoms with E-state index in [0.29, 0.717) is 0 Å².